The molecule has 0 radical (unpaired) electrons. The van der Waals surface area contributed by atoms with Gasteiger partial charge in [0.25, 0.3) is 0 Å². The highest BCUT2D eigenvalue weighted by Crippen LogP contribution is 2.13. The summed E-state index contributed by atoms with van der Waals surface area (Å²) >= 11 is 0. The van der Waals surface area contributed by atoms with Crippen LogP contribution >= 0.6 is 0 Å². The maximum Gasteiger partial charge on any atom is 0.0727 e. The van der Waals surface area contributed by atoms with E-state index in [0.29, 0.717) is 12.2 Å². The molecule has 2 aliphatic heterocycles. The fraction of sp³-hybridized carbons (Fsp3) is 1.00. The third kappa shape index (κ3) is 10.2. The molecule has 2 unspecified atom stereocenters. The molecule has 0 aliphatic carbocycles. The van der Waals surface area contributed by atoms with Crippen LogP contribution in [-0.2, 0) is 14.2 Å². The fourth-order valence-corrected chi connectivity index (χ4v) is 3.78. The number of hydrogen-bond donors (Lipinski definition) is 0. The second-order valence-corrected chi connectivity index (χ2v) is 8.48. The van der Waals surface area contributed by atoms with Gasteiger partial charge >= 0.3 is 0 Å². The molecule has 160 valence electrons. The van der Waals surface area contributed by atoms with Gasteiger partial charge in [-0.1, -0.05) is 0 Å². The maximum absolute atomic E-state index is 6.07. The van der Waals surface area contributed by atoms with Crippen LogP contribution in [0.2, 0.25) is 0 Å². The van der Waals surface area contributed by atoms with Crippen molar-refractivity contribution in [3.63, 3.8) is 0 Å². The van der Waals surface area contributed by atoms with Crippen LogP contribution in [0, 0.1) is 0 Å². The van der Waals surface area contributed by atoms with E-state index in [1.165, 1.54) is 19.5 Å². The van der Waals surface area contributed by atoms with Crippen LogP contribution < -0.4 is 0 Å². The van der Waals surface area contributed by atoms with Crippen LogP contribution in [-0.4, -0.2) is 112 Å². The lowest BCUT2D eigenvalue weighted by molar-refractivity contribution is -0.0614. The van der Waals surface area contributed by atoms with Gasteiger partial charge in [-0.25, -0.2) is 0 Å². The fourth-order valence-electron chi connectivity index (χ4n) is 3.78. The van der Waals surface area contributed by atoms with E-state index in [-0.39, 0.29) is 6.10 Å². The van der Waals surface area contributed by atoms with E-state index >= 15 is 0 Å². The van der Waals surface area contributed by atoms with Crippen molar-refractivity contribution in [1.29, 1.82) is 0 Å². The van der Waals surface area contributed by atoms with Crippen molar-refractivity contribution in [2.45, 2.75) is 58.3 Å². The van der Waals surface area contributed by atoms with E-state index in [0.717, 1.165) is 71.9 Å². The first-order chi connectivity index (χ1) is 13.0. The molecule has 0 aromatic carbocycles. The molecule has 0 saturated carbocycles. The zero-order chi connectivity index (χ0) is 19.5. The molecular weight excluding hydrogens is 342 g/mol. The van der Waals surface area contributed by atoms with Crippen LogP contribution in [0.4, 0.5) is 0 Å². The largest absolute Gasteiger partial charge is 0.379 e. The average Bonchev–Trinajstić information content (AvgIpc) is 2.63. The molecule has 2 aliphatic rings. The van der Waals surface area contributed by atoms with E-state index in [9.17, 15) is 0 Å². The third-order valence-corrected chi connectivity index (χ3v) is 5.54. The molecule has 0 amide bonds. The van der Waals surface area contributed by atoms with Crippen molar-refractivity contribution in [2.75, 3.05) is 79.2 Å². The maximum atomic E-state index is 6.07. The molecule has 2 heterocycles. The average molecular weight is 386 g/mol. The monoisotopic (exact) mass is 385 g/mol. The predicted octanol–water partition coefficient (Wildman–Crippen LogP) is 1.94. The number of nitrogens with zero attached hydrogens (tertiary/aromatic N) is 3. The first kappa shape index (κ1) is 23.0. The summed E-state index contributed by atoms with van der Waals surface area (Å²) in [5.74, 6) is 0. The Kier molecular flexibility index (Phi) is 11.2. The quantitative estimate of drug-likeness (QED) is 0.478. The Bertz CT molecular complexity index is 376. The number of piperazine rings is 1. The summed E-state index contributed by atoms with van der Waals surface area (Å²) in [4.78, 5) is 7.44. The first-order valence-electron chi connectivity index (χ1n) is 11.0. The molecule has 2 rings (SSSR count). The molecule has 27 heavy (non-hydrogen) atoms. The van der Waals surface area contributed by atoms with Crippen molar-refractivity contribution < 1.29 is 14.2 Å². The molecule has 0 N–H and O–H groups in total. The van der Waals surface area contributed by atoms with Crippen LogP contribution in [0.5, 0.6) is 0 Å². The SMILES string of the molecule is CC(C)OCCCCN1CCOC(CC(C)OCCN2CCN(C)CC2)C1. The second-order valence-electron chi connectivity index (χ2n) is 8.48. The van der Waals surface area contributed by atoms with E-state index in [2.05, 4.69) is 42.5 Å². The molecule has 6 nitrogen and oxygen atoms in total. The summed E-state index contributed by atoms with van der Waals surface area (Å²) in [5.41, 5.74) is 0. The zero-order valence-electron chi connectivity index (χ0n) is 18.2. The van der Waals surface area contributed by atoms with Gasteiger partial charge in [-0.3, -0.25) is 9.80 Å². The number of ether oxygens (including phenoxy) is 3. The highest BCUT2D eigenvalue weighted by Gasteiger charge is 2.22. The Balaban J connectivity index is 1.52. The normalized spacial score (nSPS) is 24.6. The van der Waals surface area contributed by atoms with Crippen molar-refractivity contribution in [2.24, 2.45) is 0 Å². The van der Waals surface area contributed by atoms with Gasteiger partial charge in [-0.05, 0) is 47.2 Å². The van der Waals surface area contributed by atoms with Gasteiger partial charge in [0.1, 0.15) is 0 Å². The van der Waals surface area contributed by atoms with Gasteiger partial charge < -0.3 is 19.1 Å². The molecule has 2 saturated heterocycles. The molecule has 2 atom stereocenters. The van der Waals surface area contributed by atoms with Crippen molar-refractivity contribution >= 4 is 0 Å². The topological polar surface area (TPSA) is 37.4 Å². The van der Waals surface area contributed by atoms with E-state index < -0.39 is 0 Å². The van der Waals surface area contributed by atoms with Crippen molar-refractivity contribution in [3.05, 3.63) is 0 Å². The number of likely N-dealkylation sites (N-methyl/N-ethyl adjacent to an activating group) is 1. The summed E-state index contributed by atoms with van der Waals surface area (Å²) in [6.07, 6.45) is 4.26. The zero-order valence-corrected chi connectivity index (χ0v) is 18.2. The van der Waals surface area contributed by atoms with Gasteiger partial charge in [0.15, 0.2) is 0 Å². The summed E-state index contributed by atoms with van der Waals surface area (Å²) in [6, 6.07) is 0. The van der Waals surface area contributed by atoms with E-state index in [4.69, 9.17) is 14.2 Å². The van der Waals surface area contributed by atoms with E-state index in [1.807, 2.05) is 0 Å². The van der Waals surface area contributed by atoms with Crippen molar-refractivity contribution in [1.82, 2.24) is 14.7 Å². The van der Waals surface area contributed by atoms with E-state index in [1.54, 1.807) is 0 Å². The Morgan fingerprint density at radius 2 is 1.67 bits per heavy atom. The lowest BCUT2D eigenvalue weighted by Gasteiger charge is -2.34. The lowest BCUT2D eigenvalue weighted by atomic mass is 10.1. The summed E-state index contributed by atoms with van der Waals surface area (Å²) < 4.78 is 17.7. The number of morpholine rings is 1. The van der Waals surface area contributed by atoms with Crippen LogP contribution in [0.25, 0.3) is 0 Å². The number of rotatable bonds is 12. The molecule has 0 aromatic heterocycles. The summed E-state index contributed by atoms with van der Waals surface area (Å²) in [7, 11) is 2.20. The molecule has 2 fully saturated rings. The number of unbranched alkanes of at least 4 members (excludes halogenated alkanes) is 1. The Hall–Kier alpha value is -0.240. The molecular formula is C21H43N3O3. The Labute approximate surface area is 167 Å². The van der Waals surface area contributed by atoms with Crippen LogP contribution in [0.1, 0.15) is 40.0 Å². The Morgan fingerprint density at radius 3 is 2.41 bits per heavy atom. The van der Waals surface area contributed by atoms with Gasteiger partial charge in [-0.2, -0.15) is 0 Å². The highest BCUT2D eigenvalue weighted by molar-refractivity contribution is 4.74. The Morgan fingerprint density at radius 1 is 0.889 bits per heavy atom. The van der Waals surface area contributed by atoms with Crippen molar-refractivity contribution in [3.8, 4) is 0 Å². The summed E-state index contributed by atoms with van der Waals surface area (Å²) in [5, 5.41) is 0. The minimum Gasteiger partial charge on any atom is -0.379 e. The standard InChI is InChI=1S/C21H43N3O3/c1-19(2)25-14-6-5-7-24-13-16-27-21(18-24)17-20(3)26-15-12-23-10-8-22(4)9-11-23/h19-21H,5-18H2,1-4H3. The van der Waals surface area contributed by atoms with Gasteiger partial charge in [0, 0.05) is 58.8 Å². The smallest absolute Gasteiger partial charge is 0.0727 e. The first-order valence-corrected chi connectivity index (χ1v) is 11.0. The molecule has 6 heteroatoms. The molecule has 0 spiro atoms. The minimum atomic E-state index is 0.266. The van der Waals surface area contributed by atoms with Gasteiger partial charge in [-0.15, -0.1) is 0 Å². The lowest BCUT2D eigenvalue weighted by Crippen LogP contribution is -2.46. The van der Waals surface area contributed by atoms with Crippen LogP contribution in [0.3, 0.4) is 0 Å². The predicted molar refractivity (Wildman–Crippen MR) is 110 cm³/mol. The van der Waals surface area contributed by atoms with Gasteiger partial charge in [0.05, 0.1) is 31.5 Å². The molecule has 0 bridgehead atoms. The minimum absolute atomic E-state index is 0.266. The number of hydrogen-bond acceptors (Lipinski definition) is 6. The third-order valence-electron chi connectivity index (χ3n) is 5.54. The molecule has 0 aromatic rings. The van der Waals surface area contributed by atoms with Crippen LogP contribution in [0.15, 0.2) is 0 Å². The second kappa shape index (κ2) is 13.1. The summed E-state index contributed by atoms with van der Waals surface area (Å²) in [6.45, 7) is 17.9. The van der Waals surface area contributed by atoms with Gasteiger partial charge in [0.2, 0.25) is 0 Å². The highest BCUT2D eigenvalue weighted by atomic mass is 16.5.